The number of carbonyl (C=O) groups excluding carboxylic acids is 1. The summed E-state index contributed by atoms with van der Waals surface area (Å²) in [5.41, 5.74) is 1.29. The third-order valence-corrected chi connectivity index (χ3v) is 4.08. The number of thiazole rings is 1. The van der Waals surface area contributed by atoms with Gasteiger partial charge in [0.05, 0.1) is 17.7 Å². The van der Waals surface area contributed by atoms with Gasteiger partial charge in [-0.1, -0.05) is 44.2 Å². The van der Waals surface area contributed by atoms with E-state index in [0.29, 0.717) is 11.6 Å². The monoisotopic (exact) mass is 290 g/mol. The highest BCUT2D eigenvalue weighted by atomic mass is 32.1. The van der Waals surface area contributed by atoms with Gasteiger partial charge in [0.15, 0.2) is 0 Å². The maximum Gasteiger partial charge on any atom is 0.271 e. The molecule has 1 aromatic carbocycles. The topological polar surface area (TPSA) is 62.2 Å². The van der Waals surface area contributed by atoms with Gasteiger partial charge in [-0.05, 0) is 5.56 Å². The second-order valence-corrected chi connectivity index (χ2v) is 5.73. The molecule has 2 N–H and O–H groups in total. The van der Waals surface area contributed by atoms with Gasteiger partial charge in [0, 0.05) is 11.3 Å². The van der Waals surface area contributed by atoms with Crippen LogP contribution in [-0.4, -0.2) is 22.6 Å². The number of aromatic nitrogens is 1. The second kappa shape index (κ2) is 6.63. The molecule has 106 valence electrons. The first-order valence-electron chi connectivity index (χ1n) is 6.54. The summed E-state index contributed by atoms with van der Waals surface area (Å²) in [7, 11) is 0. The molecule has 4 nitrogen and oxygen atoms in total. The number of amides is 1. The van der Waals surface area contributed by atoms with Crippen LogP contribution in [0, 0.1) is 0 Å². The highest BCUT2D eigenvalue weighted by Gasteiger charge is 2.17. The molecule has 2 aromatic rings. The van der Waals surface area contributed by atoms with E-state index in [1.54, 1.807) is 5.38 Å². The first kappa shape index (κ1) is 14.7. The lowest BCUT2D eigenvalue weighted by Crippen LogP contribution is -2.31. The molecular weight excluding hydrogens is 272 g/mol. The van der Waals surface area contributed by atoms with Crippen LogP contribution in [0.1, 0.15) is 46.9 Å². The number of hydrogen-bond acceptors (Lipinski definition) is 4. The van der Waals surface area contributed by atoms with E-state index < -0.39 is 6.04 Å². The minimum absolute atomic E-state index is 0.142. The van der Waals surface area contributed by atoms with Crippen LogP contribution in [0.15, 0.2) is 35.7 Å². The van der Waals surface area contributed by atoms with Crippen molar-refractivity contribution < 1.29 is 9.90 Å². The minimum atomic E-state index is -0.409. The molecule has 0 radical (unpaired) electrons. The molecular formula is C15H18N2O2S. The van der Waals surface area contributed by atoms with Crippen molar-refractivity contribution in [3.63, 3.8) is 0 Å². The average Bonchev–Trinajstić information content (AvgIpc) is 2.95. The van der Waals surface area contributed by atoms with E-state index >= 15 is 0 Å². The summed E-state index contributed by atoms with van der Waals surface area (Å²) in [4.78, 5) is 16.5. The van der Waals surface area contributed by atoms with Gasteiger partial charge in [-0.15, -0.1) is 11.3 Å². The zero-order chi connectivity index (χ0) is 14.5. The Labute approximate surface area is 122 Å². The Morgan fingerprint density at radius 2 is 2.05 bits per heavy atom. The number of benzene rings is 1. The normalized spacial score (nSPS) is 12.4. The van der Waals surface area contributed by atoms with Gasteiger partial charge in [-0.25, -0.2) is 4.98 Å². The minimum Gasteiger partial charge on any atom is -0.394 e. The van der Waals surface area contributed by atoms with Gasteiger partial charge in [0.25, 0.3) is 5.91 Å². The van der Waals surface area contributed by atoms with Crippen LogP contribution in [0.25, 0.3) is 0 Å². The SMILES string of the molecule is CC(C)c1nc(C(=O)NC(CO)c2ccccc2)cs1. The third kappa shape index (κ3) is 3.43. The summed E-state index contributed by atoms with van der Waals surface area (Å²) in [6.07, 6.45) is 0. The van der Waals surface area contributed by atoms with Crippen molar-refractivity contribution in [2.45, 2.75) is 25.8 Å². The fraction of sp³-hybridized carbons (Fsp3) is 0.333. The van der Waals surface area contributed by atoms with E-state index in [1.165, 1.54) is 11.3 Å². The van der Waals surface area contributed by atoms with Crippen molar-refractivity contribution in [2.24, 2.45) is 0 Å². The van der Waals surface area contributed by atoms with Crippen molar-refractivity contribution in [2.75, 3.05) is 6.61 Å². The molecule has 1 amide bonds. The van der Waals surface area contributed by atoms with E-state index in [-0.39, 0.29) is 12.5 Å². The summed E-state index contributed by atoms with van der Waals surface area (Å²) in [6.45, 7) is 3.94. The molecule has 5 heteroatoms. The molecule has 0 fully saturated rings. The summed E-state index contributed by atoms with van der Waals surface area (Å²) in [6, 6.07) is 9.00. The zero-order valence-corrected chi connectivity index (χ0v) is 12.4. The van der Waals surface area contributed by atoms with Gasteiger partial charge in [-0.2, -0.15) is 0 Å². The largest absolute Gasteiger partial charge is 0.394 e. The lowest BCUT2D eigenvalue weighted by atomic mass is 10.1. The molecule has 0 bridgehead atoms. The molecule has 1 heterocycles. The van der Waals surface area contributed by atoms with Crippen molar-refractivity contribution in [1.29, 1.82) is 0 Å². The smallest absolute Gasteiger partial charge is 0.271 e. The Hall–Kier alpha value is -1.72. The van der Waals surface area contributed by atoms with E-state index in [1.807, 2.05) is 44.2 Å². The van der Waals surface area contributed by atoms with Crippen molar-refractivity contribution in [1.82, 2.24) is 10.3 Å². The maximum absolute atomic E-state index is 12.1. The van der Waals surface area contributed by atoms with Gasteiger partial charge in [0.2, 0.25) is 0 Å². The lowest BCUT2D eigenvalue weighted by molar-refractivity contribution is 0.0911. The molecule has 1 unspecified atom stereocenters. The molecule has 0 aliphatic carbocycles. The first-order valence-corrected chi connectivity index (χ1v) is 7.42. The molecule has 0 spiro atoms. The quantitative estimate of drug-likeness (QED) is 0.890. The second-order valence-electron chi connectivity index (χ2n) is 4.84. The van der Waals surface area contributed by atoms with Gasteiger partial charge in [0.1, 0.15) is 5.69 Å². The Bertz CT molecular complexity index is 566. The van der Waals surface area contributed by atoms with E-state index in [9.17, 15) is 9.90 Å². The van der Waals surface area contributed by atoms with E-state index in [0.717, 1.165) is 10.6 Å². The van der Waals surface area contributed by atoms with Crippen LogP contribution < -0.4 is 5.32 Å². The van der Waals surface area contributed by atoms with Crippen LogP contribution in [0.3, 0.4) is 0 Å². The Morgan fingerprint density at radius 3 is 2.60 bits per heavy atom. The van der Waals surface area contributed by atoms with Crippen LogP contribution >= 0.6 is 11.3 Å². The molecule has 2 rings (SSSR count). The standard InChI is InChI=1S/C15H18N2O2S/c1-10(2)15-17-13(9-20-15)14(19)16-12(8-18)11-6-4-3-5-7-11/h3-7,9-10,12,18H,8H2,1-2H3,(H,16,19). The third-order valence-electron chi connectivity index (χ3n) is 2.94. The summed E-state index contributed by atoms with van der Waals surface area (Å²) >= 11 is 1.48. The molecule has 1 aromatic heterocycles. The van der Waals surface area contributed by atoms with E-state index in [2.05, 4.69) is 10.3 Å². The van der Waals surface area contributed by atoms with Crippen LogP contribution in [0.5, 0.6) is 0 Å². The molecule has 1 atom stereocenters. The van der Waals surface area contributed by atoms with Crippen LogP contribution in [0.2, 0.25) is 0 Å². The molecule has 0 aliphatic heterocycles. The average molecular weight is 290 g/mol. The Kier molecular flexibility index (Phi) is 4.87. The first-order chi connectivity index (χ1) is 9.61. The number of carbonyl (C=O) groups is 1. The maximum atomic E-state index is 12.1. The van der Waals surface area contributed by atoms with Gasteiger partial charge < -0.3 is 10.4 Å². The Morgan fingerprint density at radius 1 is 1.35 bits per heavy atom. The number of nitrogens with zero attached hydrogens (tertiary/aromatic N) is 1. The van der Waals surface area contributed by atoms with Crippen LogP contribution in [-0.2, 0) is 0 Å². The lowest BCUT2D eigenvalue weighted by Gasteiger charge is -2.15. The number of rotatable bonds is 5. The predicted molar refractivity (Wildman–Crippen MR) is 79.9 cm³/mol. The van der Waals surface area contributed by atoms with E-state index in [4.69, 9.17) is 0 Å². The molecule has 0 saturated heterocycles. The predicted octanol–water partition coefficient (Wildman–Crippen LogP) is 2.73. The molecule has 0 saturated carbocycles. The summed E-state index contributed by atoms with van der Waals surface area (Å²) in [5, 5.41) is 14.9. The highest BCUT2D eigenvalue weighted by molar-refractivity contribution is 7.09. The van der Waals surface area contributed by atoms with Crippen LogP contribution in [0.4, 0.5) is 0 Å². The zero-order valence-electron chi connectivity index (χ0n) is 11.5. The highest BCUT2D eigenvalue weighted by Crippen LogP contribution is 2.20. The summed E-state index contributed by atoms with van der Waals surface area (Å²) in [5.74, 6) is 0.0559. The number of aliphatic hydroxyl groups excluding tert-OH is 1. The fourth-order valence-electron chi connectivity index (χ4n) is 1.81. The summed E-state index contributed by atoms with van der Waals surface area (Å²) < 4.78 is 0. The fourth-order valence-corrected chi connectivity index (χ4v) is 2.62. The number of aliphatic hydroxyl groups is 1. The number of nitrogens with one attached hydrogen (secondary N) is 1. The Balaban J connectivity index is 2.09. The molecule has 20 heavy (non-hydrogen) atoms. The van der Waals surface area contributed by atoms with Crippen molar-refractivity contribution in [3.05, 3.63) is 52.0 Å². The van der Waals surface area contributed by atoms with Crippen molar-refractivity contribution in [3.8, 4) is 0 Å². The van der Waals surface area contributed by atoms with Gasteiger partial charge >= 0.3 is 0 Å². The van der Waals surface area contributed by atoms with Gasteiger partial charge in [-0.3, -0.25) is 4.79 Å². The number of hydrogen-bond donors (Lipinski definition) is 2. The van der Waals surface area contributed by atoms with Crippen molar-refractivity contribution >= 4 is 17.2 Å². The molecule has 0 aliphatic rings.